The van der Waals surface area contributed by atoms with Crippen molar-refractivity contribution in [3.63, 3.8) is 0 Å². The van der Waals surface area contributed by atoms with Crippen LogP contribution in [0.4, 0.5) is 29.3 Å². The predicted octanol–water partition coefficient (Wildman–Crippen LogP) is 5.77. The van der Waals surface area contributed by atoms with E-state index in [2.05, 4.69) is 26.6 Å². The molecule has 0 aromatic heterocycles. The normalized spacial score (nSPS) is 11.1. The van der Waals surface area contributed by atoms with Crippen LogP contribution < -0.4 is 10.6 Å². The number of anilines is 2. The molecule has 0 bridgehead atoms. The van der Waals surface area contributed by atoms with E-state index >= 15 is 0 Å². The van der Waals surface area contributed by atoms with Crippen LogP contribution in [0.2, 0.25) is 5.02 Å². The van der Waals surface area contributed by atoms with Gasteiger partial charge in [-0.15, -0.1) is 0 Å². The summed E-state index contributed by atoms with van der Waals surface area (Å²) in [5.74, 6) is 0. The van der Waals surface area contributed by atoms with Gasteiger partial charge in [0.25, 0.3) is 0 Å². The smallest absolute Gasteiger partial charge is 0.308 e. The van der Waals surface area contributed by atoms with E-state index in [4.69, 9.17) is 11.6 Å². The van der Waals surface area contributed by atoms with E-state index in [9.17, 15) is 18.0 Å². The maximum Gasteiger partial charge on any atom is 0.416 e. The van der Waals surface area contributed by atoms with Crippen molar-refractivity contribution in [2.45, 2.75) is 6.18 Å². The van der Waals surface area contributed by atoms with E-state index in [1.165, 1.54) is 0 Å². The molecule has 22 heavy (non-hydrogen) atoms. The zero-order valence-electron chi connectivity index (χ0n) is 10.8. The minimum atomic E-state index is -4.48. The highest BCUT2D eigenvalue weighted by Crippen LogP contribution is 2.33. The minimum Gasteiger partial charge on any atom is -0.308 e. The minimum absolute atomic E-state index is 0.0873. The number of nitrogens with one attached hydrogen (secondary N) is 2. The average Bonchev–Trinajstić information content (AvgIpc) is 2.42. The second-order valence-corrected chi connectivity index (χ2v) is 5.60. The summed E-state index contributed by atoms with van der Waals surface area (Å²) < 4.78 is 38.4. The van der Waals surface area contributed by atoms with Crippen LogP contribution in [0.1, 0.15) is 5.56 Å². The zero-order chi connectivity index (χ0) is 16.3. The number of carbonyl (C=O) groups is 1. The van der Waals surface area contributed by atoms with Crippen LogP contribution in [0.3, 0.4) is 0 Å². The Kier molecular flexibility index (Phi) is 4.97. The maximum absolute atomic E-state index is 12.5. The van der Waals surface area contributed by atoms with Gasteiger partial charge in [-0.05, 0) is 42.5 Å². The van der Waals surface area contributed by atoms with Crippen LogP contribution >= 0.6 is 27.5 Å². The second-order valence-electron chi connectivity index (χ2n) is 4.28. The van der Waals surface area contributed by atoms with Crippen LogP contribution in [-0.4, -0.2) is 6.03 Å². The van der Waals surface area contributed by atoms with E-state index < -0.39 is 17.8 Å². The number of hydrogen-bond donors (Lipinski definition) is 2. The van der Waals surface area contributed by atoms with E-state index in [1.54, 1.807) is 24.3 Å². The summed E-state index contributed by atoms with van der Waals surface area (Å²) in [6, 6.07) is 8.91. The molecule has 2 N–H and O–H groups in total. The molecule has 2 aromatic carbocycles. The molecule has 0 aliphatic rings. The lowest BCUT2D eigenvalue weighted by Gasteiger charge is -2.11. The van der Waals surface area contributed by atoms with Gasteiger partial charge in [0.1, 0.15) is 0 Å². The van der Waals surface area contributed by atoms with Gasteiger partial charge in [0.2, 0.25) is 0 Å². The molecule has 3 nitrogen and oxygen atoms in total. The monoisotopic (exact) mass is 392 g/mol. The molecule has 8 heteroatoms. The molecular formula is C14H9BrClF3N2O. The molecule has 0 atom stereocenters. The van der Waals surface area contributed by atoms with Gasteiger partial charge in [0.15, 0.2) is 0 Å². The van der Waals surface area contributed by atoms with E-state index in [-0.39, 0.29) is 10.7 Å². The lowest BCUT2D eigenvalue weighted by atomic mass is 10.2. The van der Waals surface area contributed by atoms with Crippen LogP contribution in [0.25, 0.3) is 0 Å². The average molecular weight is 394 g/mol. The predicted molar refractivity (Wildman–Crippen MR) is 83.2 cm³/mol. The molecule has 0 saturated carbocycles. The molecule has 0 radical (unpaired) electrons. The van der Waals surface area contributed by atoms with Crippen molar-refractivity contribution in [3.05, 3.63) is 57.5 Å². The summed E-state index contributed by atoms with van der Waals surface area (Å²) in [6.07, 6.45) is -4.48. The fraction of sp³-hybridized carbons (Fsp3) is 0.0714. The molecule has 2 amide bonds. The van der Waals surface area contributed by atoms with Gasteiger partial charge in [-0.2, -0.15) is 13.2 Å². The number of carbonyl (C=O) groups excluding carboxylic acids is 1. The van der Waals surface area contributed by atoms with Crippen molar-refractivity contribution in [1.29, 1.82) is 0 Å². The van der Waals surface area contributed by atoms with Gasteiger partial charge in [-0.3, -0.25) is 0 Å². The van der Waals surface area contributed by atoms with E-state index in [1.807, 2.05) is 0 Å². The number of alkyl halides is 3. The quantitative estimate of drug-likeness (QED) is 0.668. The highest BCUT2D eigenvalue weighted by atomic mass is 79.9. The van der Waals surface area contributed by atoms with Gasteiger partial charge >= 0.3 is 12.2 Å². The molecule has 0 aliphatic carbocycles. The largest absolute Gasteiger partial charge is 0.416 e. The first kappa shape index (κ1) is 16.6. The van der Waals surface area contributed by atoms with Crippen LogP contribution in [0, 0.1) is 0 Å². The van der Waals surface area contributed by atoms with Gasteiger partial charge in [-0.1, -0.05) is 27.5 Å². The molecule has 0 saturated heterocycles. The van der Waals surface area contributed by atoms with Crippen molar-refractivity contribution in [2.75, 3.05) is 10.6 Å². The summed E-state index contributed by atoms with van der Waals surface area (Å²) in [5.41, 5.74) is -0.260. The molecule has 0 fully saturated rings. The summed E-state index contributed by atoms with van der Waals surface area (Å²) in [7, 11) is 0. The lowest BCUT2D eigenvalue weighted by Crippen LogP contribution is -2.19. The Bertz CT molecular complexity index is 689. The molecule has 0 spiro atoms. The third-order valence-electron chi connectivity index (χ3n) is 2.65. The Balaban J connectivity index is 2.07. The number of rotatable bonds is 2. The lowest BCUT2D eigenvalue weighted by molar-refractivity contribution is -0.137. The van der Waals surface area contributed by atoms with Crippen molar-refractivity contribution in [2.24, 2.45) is 0 Å². The third kappa shape index (κ3) is 4.38. The first-order chi connectivity index (χ1) is 10.3. The highest BCUT2D eigenvalue weighted by molar-refractivity contribution is 9.10. The molecule has 2 aromatic rings. The number of benzene rings is 2. The molecule has 0 heterocycles. The fourth-order valence-electron chi connectivity index (χ4n) is 1.61. The van der Waals surface area contributed by atoms with Crippen molar-refractivity contribution in [1.82, 2.24) is 0 Å². The Labute approximate surface area is 137 Å². The first-order valence-corrected chi connectivity index (χ1v) is 7.13. The Morgan fingerprint density at radius 1 is 1.05 bits per heavy atom. The van der Waals surface area contributed by atoms with Gasteiger partial charge in [0, 0.05) is 10.2 Å². The van der Waals surface area contributed by atoms with Crippen LogP contribution in [0.5, 0.6) is 0 Å². The molecular weight excluding hydrogens is 385 g/mol. The summed E-state index contributed by atoms with van der Waals surface area (Å²) in [5, 5.41) is 4.74. The van der Waals surface area contributed by atoms with Crippen LogP contribution in [0.15, 0.2) is 46.9 Å². The zero-order valence-corrected chi connectivity index (χ0v) is 13.2. The summed E-state index contributed by atoms with van der Waals surface area (Å²) >= 11 is 9.01. The third-order valence-corrected chi connectivity index (χ3v) is 3.49. The Morgan fingerprint density at radius 2 is 1.68 bits per heavy atom. The van der Waals surface area contributed by atoms with Gasteiger partial charge in [-0.25, -0.2) is 4.79 Å². The molecule has 2 rings (SSSR count). The number of hydrogen-bond acceptors (Lipinski definition) is 1. The maximum atomic E-state index is 12.5. The fourth-order valence-corrected chi connectivity index (χ4v) is 2.10. The van der Waals surface area contributed by atoms with Gasteiger partial charge < -0.3 is 10.6 Å². The number of halogens is 5. The SMILES string of the molecule is O=C(Nc1ccc(Br)cc1)Nc1ccc(C(F)(F)F)cc1Cl. The highest BCUT2D eigenvalue weighted by Gasteiger charge is 2.30. The number of urea groups is 1. The first-order valence-electron chi connectivity index (χ1n) is 5.96. The summed E-state index contributed by atoms with van der Waals surface area (Å²) in [6.45, 7) is 0. The standard InChI is InChI=1S/C14H9BrClF3N2O/c15-9-2-4-10(5-3-9)20-13(22)21-12-6-1-8(7-11(12)16)14(17,18)19/h1-7H,(H2,20,21,22). The summed E-state index contributed by atoms with van der Waals surface area (Å²) in [4.78, 5) is 11.8. The topological polar surface area (TPSA) is 41.1 Å². The van der Waals surface area contributed by atoms with E-state index in [0.717, 1.165) is 22.7 Å². The second kappa shape index (κ2) is 6.58. The van der Waals surface area contributed by atoms with Crippen molar-refractivity contribution in [3.8, 4) is 0 Å². The Morgan fingerprint density at radius 3 is 2.23 bits per heavy atom. The van der Waals surface area contributed by atoms with Gasteiger partial charge in [0.05, 0.1) is 16.3 Å². The van der Waals surface area contributed by atoms with Crippen molar-refractivity contribution >= 4 is 44.9 Å². The van der Waals surface area contributed by atoms with Crippen molar-refractivity contribution < 1.29 is 18.0 Å². The van der Waals surface area contributed by atoms with E-state index in [0.29, 0.717) is 5.69 Å². The van der Waals surface area contributed by atoms with Crippen LogP contribution in [-0.2, 0) is 6.18 Å². The molecule has 0 aliphatic heterocycles. The Hall–Kier alpha value is -1.73. The number of amides is 2. The molecule has 0 unspecified atom stereocenters. The molecule has 116 valence electrons.